The van der Waals surface area contributed by atoms with Gasteiger partial charge < -0.3 is 25.0 Å². The first-order valence-corrected chi connectivity index (χ1v) is 13.1. The minimum Gasteiger partial charge on any atom is -0.494 e. The van der Waals surface area contributed by atoms with Crippen LogP contribution in [0.25, 0.3) is 10.6 Å². The second kappa shape index (κ2) is 11.8. The largest absolute Gasteiger partial charge is 0.494 e. The number of phosphoric acid groups is 1. The van der Waals surface area contributed by atoms with Crippen LogP contribution in [0.15, 0.2) is 42.5 Å². The molecule has 202 valence electrons. The maximum absolute atomic E-state index is 13.7. The number of benzene rings is 2. The van der Waals surface area contributed by atoms with Crippen molar-refractivity contribution in [1.29, 1.82) is 0 Å². The summed E-state index contributed by atoms with van der Waals surface area (Å²) in [6, 6.07) is 8.95. The minimum atomic E-state index is -4.78. The molecule has 0 saturated heterocycles. The minimum absolute atomic E-state index is 0.0171. The number of ether oxygens (including phenoxy) is 2. The molecule has 1 heterocycles. The van der Waals surface area contributed by atoms with E-state index < -0.39 is 31.7 Å². The van der Waals surface area contributed by atoms with Crippen molar-refractivity contribution < 1.29 is 45.9 Å². The Morgan fingerprint density at radius 3 is 2.30 bits per heavy atom. The fraction of sp³-hybridized carbons (Fsp3) is 0.364. The van der Waals surface area contributed by atoms with E-state index in [2.05, 4.69) is 14.7 Å². The molecule has 4 N–H and O–H groups in total. The maximum Gasteiger partial charge on any atom is 0.469 e. The second-order valence-electron chi connectivity index (χ2n) is 8.16. The summed E-state index contributed by atoms with van der Waals surface area (Å²) in [5, 5.41) is 7.96. The zero-order valence-electron chi connectivity index (χ0n) is 19.4. The van der Waals surface area contributed by atoms with Gasteiger partial charge in [-0.15, -0.1) is 10.2 Å². The highest BCUT2D eigenvalue weighted by molar-refractivity contribution is 7.46. The van der Waals surface area contributed by atoms with E-state index >= 15 is 0 Å². The fourth-order valence-corrected chi connectivity index (χ4v) is 4.29. The molecule has 0 aliphatic carbocycles. The number of phosphoric ester groups is 1. The summed E-state index contributed by atoms with van der Waals surface area (Å²) in [5.74, 6) is -0.245. The first kappa shape index (κ1) is 29.0. The molecular weight excluding hydrogens is 541 g/mol. The van der Waals surface area contributed by atoms with Gasteiger partial charge in [0.15, 0.2) is 0 Å². The molecule has 0 amide bonds. The predicted molar refractivity (Wildman–Crippen MR) is 127 cm³/mol. The van der Waals surface area contributed by atoms with Crippen molar-refractivity contribution in [2.45, 2.75) is 31.5 Å². The van der Waals surface area contributed by atoms with Crippen LogP contribution < -0.4 is 15.2 Å². The lowest BCUT2D eigenvalue weighted by molar-refractivity contribution is -0.138. The van der Waals surface area contributed by atoms with Crippen molar-refractivity contribution in [1.82, 2.24) is 10.2 Å². The molecule has 1 aromatic heterocycles. The van der Waals surface area contributed by atoms with Crippen molar-refractivity contribution in [2.24, 2.45) is 5.73 Å². The molecule has 9 nitrogen and oxygen atoms in total. The molecule has 37 heavy (non-hydrogen) atoms. The highest BCUT2D eigenvalue weighted by atomic mass is 32.1. The lowest BCUT2D eigenvalue weighted by Crippen LogP contribution is -2.37. The molecule has 2 aromatic carbocycles. The number of aromatic nitrogens is 2. The SMILES string of the molecule is CC(N)(COP(=O)(O)O)c1nnc(-c2ccc(OCCCCOc3ccc(F)cc3)c(C(F)(F)F)c2)s1. The number of unbranched alkanes of at least 4 members (excludes halogenated alkanes) is 1. The predicted octanol–water partition coefficient (Wildman–Crippen LogP) is 4.88. The third-order valence-corrected chi connectivity index (χ3v) is 6.57. The number of nitrogens with zero attached hydrogens (tertiary/aromatic N) is 2. The Hall–Kier alpha value is -2.61. The van der Waals surface area contributed by atoms with E-state index in [0.717, 1.165) is 17.4 Å². The normalized spacial score (nSPS) is 13.8. The van der Waals surface area contributed by atoms with Crippen LogP contribution in [-0.2, 0) is 20.8 Å². The molecule has 0 spiro atoms. The first-order chi connectivity index (χ1) is 17.2. The quantitative estimate of drug-likeness (QED) is 0.159. The Morgan fingerprint density at radius 2 is 1.68 bits per heavy atom. The summed E-state index contributed by atoms with van der Waals surface area (Å²) < 4.78 is 80.3. The van der Waals surface area contributed by atoms with Crippen LogP contribution in [-0.4, -0.2) is 39.8 Å². The molecular formula is C22H24F4N3O6PS. The summed E-state index contributed by atoms with van der Waals surface area (Å²) in [5.41, 5.74) is 3.68. The van der Waals surface area contributed by atoms with Gasteiger partial charge in [-0.05, 0) is 62.2 Å². The highest BCUT2D eigenvalue weighted by Gasteiger charge is 2.35. The first-order valence-electron chi connectivity index (χ1n) is 10.8. The summed E-state index contributed by atoms with van der Waals surface area (Å²) >= 11 is 0.872. The zero-order chi connectivity index (χ0) is 27.3. The van der Waals surface area contributed by atoms with Gasteiger partial charge in [0.1, 0.15) is 27.3 Å². The maximum atomic E-state index is 13.7. The van der Waals surface area contributed by atoms with Crippen molar-refractivity contribution in [2.75, 3.05) is 19.8 Å². The monoisotopic (exact) mass is 565 g/mol. The van der Waals surface area contributed by atoms with Gasteiger partial charge in [-0.25, -0.2) is 8.96 Å². The van der Waals surface area contributed by atoms with E-state index in [-0.39, 0.29) is 33.8 Å². The van der Waals surface area contributed by atoms with E-state index in [4.69, 9.17) is 25.0 Å². The molecule has 1 atom stereocenters. The van der Waals surface area contributed by atoms with Gasteiger partial charge in [0.25, 0.3) is 0 Å². The number of rotatable bonds is 12. The Balaban J connectivity index is 1.62. The molecule has 0 aliphatic rings. The van der Waals surface area contributed by atoms with Gasteiger partial charge in [0.05, 0.1) is 30.9 Å². The van der Waals surface area contributed by atoms with Gasteiger partial charge in [-0.3, -0.25) is 4.52 Å². The van der Waals surface area contributed by atoms with Gasteiger partial charge >= 0.3 is 14.0 Å². The molecule has 0 fully saturated rings. The Bertz CT molecular complexity index is 1230. The topological polar surface area (TPSA) is 137 Å². The summed E-state index contributed by atoms with van der Waals surface area (Å²) in [6.07, 6.45) is -3.77. The van der Waals surface area contributed by atoms with Gasteiger partial charge in [0.2, 0.25) is 0 Å². The fourth-order valence-electron chi connectivity index (χ4n) is 2.97. The van der Waals surface area contributed by atoms with E-state index in [1.54, 1.807) is 0 Å². The average Bonchev–Trinajstić information content (AvgIpc) is 3.32. The Labute approximate surface area is 213 Å². The van der Waals surface area contributed by atoms with Crippen molar-refractivity contribution in [3.05, 3.63) is 58.9 Å². The Morgan fingerprint density at radius 1 is 1.03 bits per heavy atom. The summed E-state index contributed by atoms with van der Waals surface area (Å²) in [7, 11) is -4.78. The summed E-state index contributed by atoms with van der Waals surface area (Å²) in [6.45, 7) is 1.12. The van der Waals surface area contributed by atoms with Crippen LogP contribution in [0, 0.1) is 5.82 Å². The molecule has 1 unspecified atom stereocenters. The van der Waals surface area contributed by atoms with E-state index in [0.29, 0.717) is 25.2 Å². The van der Waals surface area contributed by atoms with Crippen molar-refractivity contribution in [3.63, 3.8) is 0 Å². The number of hydrogen-bond donors (Lipinski definition) is 3. The second-order valence-corrected chi connectivity index (χ2v) is 10.4. The van der Waals surface area contributed by atoms with Crippen LogP contribution in [0.4, 0.5) is 17.6 Å². The lowest BCUT2D eigenvalue weighted by atomic mass is 10.1. The van der Waals surface area contributed by atoms with Crippen LogP contribution in [0.1, 0.15) is 30.3 Å². The van der Waals surface area contributed by atoms with E-state index in [9.17, 15) is 22.1 Å². The smallest absolute Gasteiger partial charge is 0.469 e. The average molecular weight is 565 g/mol. The van der Waals surface area contributed by atoms with Gasteiger partial charge in [0, 0.05) is 5.56 Å². The molecule has 0 radical (unpaired) electrons. The third-order valence-electron chi connectivity index (χ3n) is 4.86. The van der Waals surface area contributed by atoms with Crippen molar-refractivity contribution in [3.8, 4) is 22.1 Å². The number of alkyl halides is 3. The molecule has 3 aromatic rings. The third kappa shape index (κ3) is 8.73. The number of hydrogen-bond acceptors (Lipinski definition) is 8. The number of nitrogens with two attached hydrogens (primary N) is 1. The molecule has 3 rings (SSSR count). The standard InChI is InChI=1S/C22H24F4N3O6PS/c1-21(27,13-35-36(30,31)32)20-29-28-19(37-20)14-4-9-18(17(12-14)22(24,25)26)34-11-3-2-10-33-16-7-5-15(23)6-8-16/h4-9,12H,2-3,10-11,13,27H2,1H3,(H2,30,31,32). The highest BCUT2D eigenvalue weighted by Crippen LogP contribution is 2.41. The van der Waals surface area contributed by atoms with Crippen LogP contribution in [0.3, 0.4) is 0 Å². The van der Waals surface area contributed by atoms with Crippen LogP contribution >= 0.6 is 19.2 Å². The van der Waals surface area contributed by atoms with Crippen molar-refractivity contribution >= 4 is 19.2 Å². The van der Waals surface area contributed by atoms with Crippen LogP contribution in [0.2, 0.25) is 0 Å². The Kier molecular flexibility index (Phi) is 9.27. The van der Waals surface area contributed by atoms with E-state index in [1.807, 2.05) is 0 Å². The van der Waals surface area contributed by atoms with Gasteiger partial charge in [-0.2, -0.15) is 13.2 Å². The molecule has 15 heteroatoms. The van der Waals surface area contributed by atoms with Crippen LogP contribution in [0.5, 0.6) is 11.5 Å². The lowest BCUT2D eigenvalue weighted by Gasteiger charge is -2.21. The summed E-state index contributed by atoms with van der Waals surface area (Å²) in [4.78, 5) is 17.7. The number of halogens is 4. The molecule has 0 aliphatic heterocycles. The zero-order valence-corrected chi connectivity index (χ0v) is 21.2. The van der Waals surface area contributed by atoms with E-state index in [1.165, 1.54) is 43.3 Å². The van der Waals surface area contributed by atoms with Gasteiger partial charge in [-0.1, -0.05) is 11.3 Å². The molecule has 0 bridgehead atoms. The molecule has 0 saturated carbocycles.